The Balaban J connectivity index is 1.66. The fraction of sp³-hybridized carbons (Fsp3) is 0.192. The topological polar surface area (TPSA) is 83.6 Å². The number of amides is 1. The number of phenols is 1. The molecule has 4 rings (SSSR count). The quantitative estimate of drug-likeness (QED) is 0.387. The van der Waals surface area contributed by atoms with Gasteiger partial charge in [-0.25, -0.2) is 0 Å². The highest BCUT2D eigenvalue weighted by Crippen LogP contribution is 2.40. The van der Waals surface area contributed by atoms with Crippen LogP contribution < -0.4 is 14.8 Å². The molecule has 1 amide bonds. The Morgan fingerprint density at radius 1 is 0.969 bits per heavy atom. The van der Waals surface area contributed by atoms with E-state index < -0.39 is 0 Å². The van der Waals surface area contributed by atoms with Gasteiger partial charge in [0.15, 0.2) is 11.5 Å². The SMILES string of the molecule is COc1cccc(C(CNC(=O)Cc2ccc(O)cc2)c2c[nH]c3ccccc23)c1OC. The number of nitrogens with one attached hydrogen (secondary N) is 2. The van der Waals surface area contributed by atoms with Crippen LogP contribution in [0.15, 0.2) is 72.9 Å². The van der Waals surface area contributed by atoms with E-state index in [1.54, 1.807) is 38.5 Å². The molecule has 0 spiro atoms. The third-order valence-corrected chi connectivity index (χ3v) is 5.61. The number of fused-ring (bicyclic) bond motifs is 1. The van der Waals surface area contributed by atoms with Crippen LogP contribution in [0, 0.1) is 0 Å². The number of H-pyrrole nitrogens is 1. The first-order valence-electron chi connectivity index (χ1n) is 10.4. The molecule has 1 unspecified atom stereocenters. The van der Waals surface area contributed by atoms with E-state index in [1.807, 2.05) is 42.6 Å². The largest absolute Gasteiger partial charge is 0.508 e. The van der Waals surface area contributed by atoms with E-state index in [0.29, 0.717) is 18.0 Å². The van der Waals surface area contributed by atoms with Crippen LogP contribution >= 0.6 is 0 Å². The van der Waals surface area contributed by atoms with Crippen LogP contribution in [0.25, 0.3) is 10.9 Å². The molecule has 1 atom stereocenters. The Hall–Kier alpha value is -3.93. The van der Waals surface area contributed by atoms with Crippen LogP contribution in [0.5, 0.6) is 17.2 Å². The Bertz CT molecular complexity index is 1210. The molecule has 0 aliphatic heterocycles. The van der Waals surface area contributed by atoms with Crippen molar-refractivity contribution < 1.29 is 19.4 Å². The first-order valence-corrected chi connectivity index (χ1v) is 10.4. The van der Waals surface area contributed by atoms with Crippen molar-refractivity contribution >= 4 is 16.8 Å². The Morgan fingerprint density at radius 2 is 1.75 bits per heavy atom. The number of aromatic amines is 1. The monoisotopic (exact) mass is 430 g/mol. The predicted octanol–water partition coefficient (Wildman–Crippen LogP) is 4.38. The summed E-state index contributed by atoms with van der Waals surface area (Å²) in [4.78, 5) is 16.0. The van der Waals surface area contributed by atoms with Gasteiger partial charge in [-0.05, 0) is 35.4 Å². The second-order valence-electron chi connectivity index (χ2n) is 7.57. The number of aromatic nitrogens is 1. The molecule has 4 aromatic rings. The average Bonchev–Trinajstić information content (AvgIpc) is 3.24. The van der Waals surface area contributed by atoms with Crippen LogP contribution in [-0.4, -0.2) is 36.8 Å². The lowest BCUT2D eigenvalue weighted by atomic mass is 9.89. The summed E-state index contributed by atoms with van der Waals surface area (Å²) in [5.41, 5.74) is 3.87. The normalized spacial score (nSPS) is 11.8. The van der Waals surface area contributed by atoms with E-state index in [-0.39, 0.29) is 24.0 Å². The van der Waals surface area contributed by atoms with E-state index in [2.05, 4.69) is 16.4 Å². The number of methoxy groups -OCH3 is 2. The lowest BCUT2D eigenvalue weighted by Gasteiger charge is -2.22. The molecule has 0 fully saturated rings. The maximum Gasteiger partial charge on any atom is 0.224 e. The summed E-state index contributed by atoms with van der Waals surface area (Å²) in [6.45, 7) is 0.391. The van der Waals surface area contributed by atoms with Crippen molar-refractivity contribution in [1.82, 2.24) is 10.3 Å². The van der Waals surface area contributed by atoms with Gasteiger partial charge in [0.05, 0.1) is 20.6 Å². The Labute approximate surface area is 186 Å². The summed E-state index contributed by atoms with van der Waals surface area (Å²) in [6, 6.07) is 20.5. The van der Waals surface area contributed by atoms with Gasteiger partial charge in [-0.2, -0.15) is 0 Å². The molecule has 1 aromatic heterocycles. The zero-order chi connectivity index (χ0) is 22.5. The molecule has 0 aliphatic rings. The summed E-state index contributed by atoms with van der Waals surface area (Å²) in [5, 5.41) is 13.6. The fourth-order valence-corrected chi connectivity index (χ4v) is 4.03. The van der Waals surface area contributed by atoms with Crippen molar-refractivity contribution in [2.75, 3.05) is 20.8 Å². The van der Waals surface area contributed by atoms with E-state index >= 15 is 0 Å². The lowest BCUT2D eigenvalue weighted by Crippen LogP contribution is -2.30. The Kier molecular flexibility index (Phi) is 6.31. The highest BCUT2D eigenvalue weighted by atomic mass is 16.5. The molecule has 0 saturated carbocycles. The first kappa shape index (κ1) is 21.3. The van der Waals surface area contributed by atoms with Gasteiger partial charge >= 0.3 is 0 Å². The van der Waals surface area contributed by atoms with Crippen molar-refractivity contribution in [2.45, 2.75) is 12.3 Å². The Morgan fingerprint density at radius 3 is 2.50 bits per heavy atom. The number of aromatic hydroxyl groups is 1. The number of hydrogen-bond donors (Lipinski definition) is 3. The van der Waals surface area contributed by atoms with Crippen LogP contribution in [0.3, 0.4) is 0 Å². The summed E-state index contributed by atoms with van der Waals surface area (Å²) in [5.74, 6) is 1.23. The van der Waals surface area contributed by atoms with Gasteiger partial charge in [0.25, 0.3) is 0 Å². The zero-order valence-corrected chi connectivity index (χ0v) is 18.1. The minimum absolute atomic E-state index is 0.0950. The number of benzene rings is 3. The number of para-hydroxylation sites is 2. The van der Waals surface area contributed by atoms with Crippen molar-refractivity contribution in [3.63, 3.8) is 0 Å². The maximum atomic E-state index is 12.7. The highest BCUT2D eigenvalue weighted by molar-refractivity contribution is 5.85. The van der Waals surface area contributed by atoms with Gasteiger partial charge in [-0.1, -0.05) is 42.5 Å². The van der Waals surface area contributed by atoms with Gasteiger partial charge < -0.3 is 24.9 Å². The molecule has 0 radical (unpaired) electrons. The van der Waals surface area contributed by atoms with Crippen molar-refractivity contribution in [3.05, 3.63) is 89.6 Å². The molecule has 3 aromatic carbocycles. The number of phenolic OH excluding ortho intramolecular Hbond substituents is 1. The molecule has 1 heterocycles. The fourth-order valence-electron chi connectivity index (χ4n) is 4.03. The molecule has 0 bridgehead atoms. The average molecular weight is 431 g/mol. The second-order valence-corrected chi connectivity index (χ2v) is 7.57. The first-order chi connectivity index (χ1) is 15.6. The molecular weight excluding hydrogens is 404 g/mol. The molecule has 6 heteroatoms. The molecule has 0 saturated heterocycles. The second kappa shape index (κ2) is 9.47. The molecule has 0 aliphatic carbocycles. The number of carbonyl (C=O) groups is 1. The standard InChI is InChI=1S/C26H26N2O4/c1-31-24-9-5-7-20(26(24)32-2)22(21-15-27-23-8-4-3-6-19(21)23)16-28-25(30)14-17-10-12-18(29)13-11-17/h3-13,15,22,27,29H,14,16H2,1-2H3,(H,28,30). The predicted molar refractivity (Wildman–Crippen MR) is 125 cm³/mol. The number of ether oxygens (including phenoxy) is 2. The van der Waals surface area contributed by atoms with Crippen molar-refractivity contribution in [3.8, 4) is 17.2 Å². The maximum absolute atomic E-state index is 12.7. The van der Waals surface area contributed by atoms with Gasteiger partial charge in [-0.3, -0.25) is 4.79 Å². The van der Waals surface area contributed by atoms with Crippen LogP contribution in [0.4, 0.5) is 0 Å². The highest BCUT2D eigenvalue weighted by Gasteiger charge is 2.24. The number of rotatable bonds is 8. The molecule has 32 heavy (non-hydrogen) atoms. The molecule has 6 nitrogen and oxygen atoms in total. The zero-order valence-electron chi connectivity index (χ0n) is 18.1. The smallest absolute Gasteiger partial charge is 0.224 e. The van der Waals surface area contributed by atoms with Crippen molar-refractivity contribution in [2.24, 2.45) is 0 Å². The summed E-state index contributed by atoms with van der Waals surface area (Å²) >= 11 is 0. The summed E-state index contributed by atoms with van der Waals surface area (Å²) in [6.07, 6.45) is 2.22. The minimum Gasteiger partial charge on any atom is -0.508 e. The van der Waals surface area contributed by atoms with Crippen LogP contribution in [0.2, 0.25) is 0 Å². The minimum atomic E-state index is -0.153. The van der Waals surface area contributed by atoms with Crippen LogP contribution in [0.1, 0.15) is 22.6 Å². The van der Waals surface area contributed by atoms with Gasteiger partial charge in [0.2, 0.25) is 5.91 Å². The van der Waals surface area contributed by atoms with Crippen LogP contribution in [-0.2, 0) is 11.2 Å². The van der Waals surface area contributed by atoms with Gasteiger partial charge in [-0.15, -0.1) is 0 Å². The van der Waals surface area contributed by atoms with E-state index in [1.165, 1.54) is 0 Å². The summed E-state index contributed by atoms with van der Waals surface area (Å²) in [7, 11) is 3.23. The van der Waals surface area contributed by atoms with Gasteiger partial charge in [0.1, 0.15) is 5.75 Å². The lowest BCUT2D eigenvalue weighted by molar-refractivity contribution is -0.120. The van der Waals surface area contributed by atoms with Gasteiger partial charge in [0, 0.05) is 35.1 Å². The van der Waals surface area contributed by atoms with E-state index in [0.717, 1.165) is 27.6 Å². The third-order valence-electron chi connectivity index (χ3n) is 5.61. The summed E-state index contributed by atoms with van der Waals surface area (Å²) < 4.78 is 11.2. The van der Waals surface area contributed by atoms with E-state index in [4.69, 9.17) is 9.47 Å². The molecule has 164 valence electrons. The number of hydrogen-bond acceptors (Lipinski definition) is 4. The van der Waals surface area contributed by atoms with E-state index in [9.17, 15) is 9.90 Å². The number of carbonyl (C=O) groups excluding carboxylic acids is 1. The molecular formula is C26H26N2O4. The van der Waals surface area contributed by atoms with Crippen molar-refractivity contribution in [1.29, 1.82) is 0 Å². The third kappa shape index (κ3) is 4.39. The molecule has 3 N–H and O–H groups in total.